The first-order chi connectivity index (χ1) is 8.27. The van der Waals surface area contributed by atoms with E-state index in [1.807, 2.05) is 30.6 Å². The van der Waals surface area contributed by atoms with Crippen LogP contribution in [-0.2, 0) is 9.53 Å². The zero-order chi connectivity index (χ0) is 12.5. The number of nitrogens with zero attached hydrogens (tertiary/aromatic N) is 1. The minimum Gasteiger partial charge on any atom is -0.466 e. The highest BCUT2D eigenvalue weighted by molar-refractivity contribution is 5.80. The van der Waals surface area contributed by atoms with Crippen LogP contribution in [0.4, 0.5) is 0 Å². The average Bonchev–Trinajstić information content (AvgIpc) is 2.40. The largest absolute Gasteiger partial charge is 0.466 e. The van der Waals surface area contributed by atoms with E-state index in [1.54, 1.807) is 13.8 Å². The molecule has 0 aliphatic rings. The highest BCUT2D eigenvalue weighted by Gasteiger charge is 1.91. The van der Waals surface area contributed by atoms with Crippen molar-refractivity contribution < 1.29 is 9.53 Å². The lowest BCUT2D eigenvalue weighted by Crippen LogP contribution is -2.00. The number of ether oxygens (including phenoxy) is 1. The fraction of sp³-hybridized carbons (Fsp3) is 0.286. The molecule has 2 rings (SSSR count). The molecule has 0 spiro atoms. The summed E-state index contributed by atoms with van der Waals surface area (Å²) in [6, 6.07) is 10.2. The molecule has 0 atom stereocenters. The van der Waals surface area contributed by atoms with Gasteiger partial charge in [0.1, 0.15) is 0 Å². The predicted molar refractivity (Wildman–Crippen MR) is 68.7 cm³/mol. The van der Waals surface area contributed by atoms with Gasteiger partial charge in [0.25, 0.3) is 0 Å². The lowest BCUT2D eigenvalue weighted by atomic mass is 10.2. The van der Waals surface area contributed by atoms with Crippen LogP contribution in [0.1, 0.15) is 20.3 Å². The number of aromatic nitrogens is 1. The van der Waals surface area contributed by atoms with Crippen LogP contribution in [0.15, 0.2) is 42.7 Å². The quantitative estimate of drug-likeness (QED) is 0.745. The molecule has 0 unspecified atom stereocenters. The number of benzene rings is 1. The summed E-state index contributed by atoms with van der Waals surface area (Å²) in [5, 5.41) is 2.45. The van der Waals surface area contributed by atoms with Crippen molar-refractivity contribution in [2.75, 3.05) is 6.61 Å². The number of carbonyl (C=O) groups excluding carboxylic acids is 1. The highest BCUT2D eigenvalue weighted by Crippen LogP contribution is 2.09. The molecule has 0 aliphatic heterocycles. The summed E-state index contributed by atoms with van der Waals surface area (Å²) < 4.78 is 4.55. The van der Waals surface area contributed by atoms with Crippen molar-refractivity contribution in [3.05, 3.63) is 42.7 Å². The lowest BCUT2D eigenvalue weighted by molar-refractivity contribution is -0.142. The van der Waals surface area contributed by atoms with Crippen LogP contribution >= 0.6 is 0 Å². The second-order valence-electron chi connectivity index (χ2n) is 3.38. The number of pyridine rings is 1. The lowest BCUT2D eigenvalue weighted by Gasteiger charge is -1.93. The molecule has 0 saturated carbocycles. The van der Waals surface area contributed by atoms with E-state index < -0.39 is 0 Å². The topological polar surface area (TPSA) is 39.2 Å². The third kappa shape index (κ3) is 4.64. The summed E-state index contributed by atoms with van der Waals surface area (Å²) >= 11 is 0. The number of esters is 1. The predicted octanol–water partition coefficient (Wildman–Crippen LogP) is 3.19. The van der Waals surface area contributed by atoms with Crippen molar-refractivity contribution in [3.8, 4) is 0 Å². The van der Waals surface area contributed by atoms with Gasteiger partial charge in [0.05, 0.1) is 6.61 Å². The van der Waals surface area contributed by atoms with Gasteiger partial charge in [-0.25, -0.2) is 0 Å². The molecule has 1 aromatic carbocycles. The summed E-state index contributed by atoms with van der Waals surface area (Å²) in [6.07, 6.45) is 4.16. The Bertz CT molecular complexity index is 403. The van der Waals surface area contributed by atoms with Crippen molar-refractivity contribution >= 4 is 16.7 Å². The zero-order valence-corrected chi connectivity index (χ0v) is 10.2. The molecule has 0 radical (unpaired) electrons. The number of carbonyl (C=O) groups is 1. The Morgan fingerprint density at radius 3 is 2.41 bits per heavy atom. The van der Waals surface area contributed by atoms with Gasteiger partial charge in [-0.3, -0.25) is 9.78 Å². The van der Waals surface area contributed by atoms with Gasteiger partial charge in [0, 0.05) is 18.8 Å². The summed E-state index contributed by atoms with van der Waals surface area (Å²) in [4.78, 5) is 14.2. The van der Waals surface area contributed by atoms with Crippen LogP contribution in [0.2, 0.25) is 0 Å². The fourth-order valence-electron chi connectivity index (χ4n) is 1.29. The van der Waals surface area contributed by atoms with E-state index in [0.717, 1.165) is 0 Å². The maximum atomic E-state index is 10.2. The van der Waals surface area contributed by atoms with Gasteiger partial charge in [0.2, 0.25) is 0 Å². The molecule has 0 bridgehead atoms. The van der Waals surface area contributed by atoms with Gasteiger partial charge in [0.15, 0.2) is 0 Å². The minimum absolute atomic E-state index is 0.123. The molecular formula is C14H17NO2. The molecule has 0 amide bonds. The van der Waals surface area contributed by atoms with Crippen LogP contribution in [0.25, 0.3) is 10.8 Å². The summed E-state index contributed by atoms with van der Waals surface area (Å²) in [5.74, 6) is -0.123. The number of fused-ring (bicyclic) bond motifs is 1. The molecule has 0 fully saturated rings. The first-order valence-electron chi connectivity index (χ1n) is 5.72. The van der Waals surface area contributed by atoms with E-state index in [-0.39, 0.29) is 5.97 Å². The molecule has 2 aromatic rings. The van der Waals surface area contributed by atoms with Gasteiger partial charge in [-0.2, -0.15) is 0 Å². The Morgan fingerprint density at radius 2 is 1.88 bits per heavy atom. The Hall–Kier alpha value is -1.90. The Balaban J connectivity index is 0.000000185. The Kier molecular flexibility index (Phi) is 5.72. The Morgan fingerprint density at radius 1 is 1.18 bits per heavy atom. The first-order valence-corrected chi connectivity index (χ1v) is 5.72. The second-order valence-corrected chi connectivity index (χ2v) is 3.38. The van der Waals surface area contributed by atoms with Gasteiger partial charge in [-0.15, -0.1) is 0 Å². The molecule has 1 aromatic heterocycles. The van der Waals surface area contributed by atoms with E-state index in [2.05, 4.69) is 21.9 Å². The van der Waals surface area contributed by atoms with Gasteiger partial charge in [-0.1, -0.05) is 31.2 Å². The number of hydrogen-bond acceptors (Lipinski definition) is 3. The number of hydrogen-bond donors (Lipinski definition) is 0. The standard InChI is InChI=1S/C9H7N.C5H10O2/c1-2-4-9-7-10-6-5-8(9)3-1;1-3-5(6)7-4-2/h1-7H;3-4H2,1-2H3. The first kappa shape index (κ1) is 13.2. The van der Waals surface area contributed by atoms with Crippen LogP contribution in [0.5, 0.6) is 0 Å². The molecule has 0 saturated heterocycles. The molecule has 0 N–H and O–H groups in total. The average molecular weight is 231 g/mol. The summed E-state index contributed by atoms with van der Waals surface area (Å²) in [7, 11) is 0. The van der Waals surface area contributed by atoms with Gasteiger partial charge < -0.3 is 4.74 Å². The molecular weight excluding hydrogens is 214 g/mol. The third-order valence-electron chi connectivity index (χ3n) is 2.14. The minimum atomic E-state index is -0.123. The van der Waals surface area contributed by atoms with E-state index in [9.17, 15) is 4.79 Å². The molecule has 3 heteroatoms. The zero-order valence-electron chi connectivity index (χ0n) is 10.2. The van der Waals surface area contributed by atoms with E-state index in [4.69, 9.17) is 0 Å². The maximum absolute atomic E-state index is 10.2. The van der Waals surface area contributed by atoms with Crippen molar-refractivity contribution in [1.29, 1.82) is 0 Å². The fourth-order valence-corrected chi connectivity index (χ4v) is 1.29. The summed E-state index contributed by atoms with van der Waals surface area (Å²) in [6.45, 7) is 4.07. The van der Waals surface area contributed by atoms with Crippen LogP contribution in [-0.4, -0.2) is 17.6 Å². The normalized spacial score (nSPS) is 9.29. The molecule has 3 nitrogen and oxygen atoms in total. The van der Waals surface area contributed by atoms with Gasteiger partial charge >= 0.3 is 5.97 Å². The molecule has 1 heterocycles. The summed E-state index contributed by atoms with van der Waals surface area (Å²) in [5.41, 5.74) is 0. The Labute approximate surface area is 101 Å². The second kappa shape index (κ2) is 7.39. The molecule has 17 heavy (non-hydrogen) atoms. The van der Waals surface area contributed by atoms with Gasteiger partial charge in [-0.05, 0) is 23.8 Å². The molecule has 0 aliphatic carbocycles. The monoisotopic (exact) mass is 231 g/mol. The van der Waals surface area contributed by atoms with Crippen molar-refractivity contribution in [2.45, 2.75) is 20.3 Å². The van der Waals surface area contributed by atoms with Crippen LogP contribution in [0, 0.1) is 0 Å². The van der Waals surface area contributed by atoms with Crippen LogP contribution in [0.3, 0.4) is 0 Å². The maximum Gasteiger partial charge on any atom is 0.305 e. The highest BCUT2D eigenvalue weighted by atomic mass is 16.5. The number of rotatable bonds is 2. The van der Waals surface area contributed by atoms with Crippen molar-refractivity contribution in [1.82, 2.24) is 4.98 Å². The van der Waals surface area contributed by atoms with E-state index in [1.165, 1.54) is 10.8 Å². The smallest absolute Gasteiger partial charge is 0.305 e. The van der Waals surface area contributed by atoms with Crippen molar-refractivity contribution in [3.63, 3.8) is 0 Å². The van der Waals surface area contributed by atoms with Crippen LogP contribution < -0.4 is 0 Å². The van der Waals surface area contributed by atoms with E-state index in [0.29, 0.717) is 13.0 Å². The third-order valence-corrected chi connectivity index (χ3v) is 2.14. The SMILES string of the molecule is CCOC(=O)CC.c1ccc2cnccc2c1. The molecule has 90 valence electrons. The van der Waals surface area contributed by atoms with Crippen molar-refractivity contribution in [2.24, 2.45) is 0 Å². The van der Waals surface area contributed by atoms with E-state index >= 15 is 0 Å².